The number of hydrogen-bond acceptors (Lipinski definition) is 5. The first-order valence-electron chi connectivity index (χ1n) is 10.4. The van der Waals surface area contributed by atoms with Crippen molar-refractivity contribution in [1.82, 2.24) is 5.32 Å². The Morgan fingerprint density at radius 1 is 0.912 bits per heavy atom. The molecule has 34 heavy (non-hydrogen) atoms. The van der Waals surface area contributed by atoms with Crippen LogP contribution in [0.5, 0.6) is 0 Å². The number of halogens is 5. The van der Waals surface area contributed by atoms with Crippen LogP contribution >= 0.6 is 11.3 Å². The number of nitrogens with one attached hydrogen (secondary N) is 2. The van der Waals surface area contributed by atoms with Crippen LogP contribution in [0.25, 0.3) is 0 Å². The second kappa shape index (κ2) is 8.30. The summed E-state index contributed by atoms with van der Waals surface area (Å²) in [5.41, 5.74) is -3.11. The van der Waals surface area contributed by atoms with Crippen LogP contribution in [0, 0.1) is 29.1 Å². The highest BCUT2D eigenvalue weighted by molar-refractivity contribution is 7.17. The maximum absolute atomic E-state index is 14.2. The maximum Gasteiger partial charge on any atom is 0.341 e. The molecule has 0 fully saturated rings. The van der Waals surface area contributed by atoms with E-state index in [9.17, 15) is 31.5 Å². The number of fused-ring (bicyclic) bond motifs is 1. The van der Waals surface area contributed by atoms with Crippen molar-refractivity contribution in [2.45, 2.75) is 71.6 Å². The van der Waals surface area contributed by atoms with Crippen molar-refractivity contribution < 1.29 is 36.3 Å². The van der Waals surface area contributed by atoms with Crippen LogP contribution in [0.3, 0.4) is 0 Å². The van der Waals surface area contributed by atoms with Gasteiger partial charge in [-0.25, -0.2) is 26.7 Å². The molecule has 1 amide bonds. The second-order valence-corrected chi connectivity index (χ2v) is 11.3. The summed E-state index contributed by atoms with van der Waals surface area (Å²) in [6.45, 7) is 12.5. The van der Waals surface area contributed by atoms with E-state index in [1.54, 1.807) is 20.8 Å². The molecule has 2 heterocycles. The third-order valence-corrected chi connectivity index (χ3v) is 6.58. The summed E-state index contributed by atoms with van der Waals surface area (Å²) in [6.07, 6.45) is 0.356. The number of esters is 1. The molecular weight excluding hydrogens is 479 g/mol. The van der Waals surface area contributed by atoms with Crippen molar-refractivity contribution >= 4 is 28.2 Å². The van der Waals surface area contributed by atoms with E-state index in [1.807, 2.05) is 27.7 Å². The minimum Gasteiger partial charge on any atom is -0.456 e. The number of thiophene rings is 1. The molecule has 1 aromatic carbocycles. The van der Waals surface area contributed by atoms with Gasteiger partial charge in [0.2, 0.25) is 5.82 Å². The van der Waals surface area contributed by atoms with Crippen LogP contribution in [0.2, 0.25) is 0 Å². The van der Waals surface area contributed by atoms with Crippen molar-refractivity contribution in [2.24, 2.45) is 0 Å². The fourth-order valence-electron chi connectivity index (χ4n) is 4.13. The summed E-state index contributed by atoms with van der Waals surface area (Å²) in [4.78, 5) is 26.5. The molecule has 11 heteroatoms. The van der Waals surface area contributed by atoms with Crippen LogP contribution in [0.1, 0.15) is 79.6 Å². The molecule has 0 saturated carbocycles. The summed E-state index contributed by atoms with van der Waals surface area (Å²) < 4.78 is 74.6. The van der Waals surface area contributed by atoms with E-state index in [-0.39, 0.29) is 10.6 Å². The van der Waals surface area contributed by atoms with E-state index >= 15 is 0 Å². The molecule has 3 rings (SSSR count). The number of benzene rings is 1. The van der Waals surface area contributed by atoms with Gasteiger partial charge in [-0.15, -0.1) is 11.3 Å². The van der Waals surface area contributed by atoms with E-state index < -0.39 is 63.2 Å². The molecule has 0 bridgehead atoms. The van der Waals surface area contributed by atoms with Gasteiger partial charge < -0.3 is 15.4 Å². The summed E-state index contributed by atoms with van der Waals surface area (Å²) >= 11 is 0.968. The van der Waals surface area contributed by atoms with Gasteiger partial charge >= 0.3 is 5.97 Å². The van der Waals surface area contributed by atoms with Gasteiger partial charge in [-0.05, 0) is 60.5 Å². The van der Waals surface area contributed by atoms with Gasteiger partial charge in [0.05, 0.1) is 5.56 Å². The Kier molecular flexibility index (Phi) is 6.37. The molecule has 0 atom stereocenters. The molecule has 186 valence electrons. The number of amides is 1. The van der Waals surface area contributed by atoms with Gasteiger partial charge in [0, 0.05) is 16.0 Å². The quantitative estimate of drug-likeness (QED) is 0.240. The molecule has 0 unspecified atom stereocenters. The Balaban J connectivity index is 2.17. The second-order valence-electron chi connectivity index (χ2n) is 10.3. The van der Waals surface area contributed by atoms with Crippen LogP contribution in [0.15, 0.2) is 0 Å². The number of ether oxygens (including phenoxy) is 1. The lowest BCUT2D eigenvalue weighted by molar-refractivity contribution is 0.00693. The first-order valence-corrected chi connectivity index (χ1v) is 11.2. The van der Waals surface area contributed by atoms with Gasteiger partial charge in [-0.3, -0.25) is 4.79 Å². The van der Waals surface area contributed by atoms with E-state index in [4.69, 9.17) is 4.74 Å². The molecule has 1 aromatic heterocycles. The lowest BCUT2D eigenvalue weighted by Gasteiger charge is -2.42. The normalized spacial score (nSPS) is 16.7. The molecule has 2 N–H and O–H groups in total. The van der Waals surface area contributed by atoms with Crippen LogP contribution in [0.4, 0.5) is 27.0 Å². The lowest BCUT2D eigenvalue weighted by atomic mass is 9.81. The Morgan fingerprint density at radius 2 is 1.41 bits per heavy atom. The van der Waals surface area contributed by atoms with Crippen LogP contribution in [-0.4, -0.2) is 23.0 Å². The highest BCUT2D eigenvalue weighted by Crippen LogP contribution is 2.45. The van der Waals surface area contributed by atoms with Crippen molar-refractivity contribution in [3.05, 3.63) is 50.7 Å². The summed E-state index contributed by atoms with van der Waals surface area (Å²) in [5, 5.41) is 5.50. The molecule has 0 aliphatic carbocycles. The van der Waals surface area contributed by atoms with Gasteiger partial charge in [-0.2, -0.15) is 0 Å². The Labute approximate surface area is 197 Å². The Hall–Kier alpha value is -2.53. The largest absolute Gasteiger partial charge is 0.456 e. The van der Waals surface area contributed by atoms with Gasteiger partial charge in [0.25, 0.3) is 5.91 Å². The third-order valence-electron chi connectivity index (χ3n) is 5.11. The highest BCUT2D eigenvalue weighted by Gasteiger charge is 2.43. The summed E-state index contributed by atoms with van der Waals surface area (Å²) in [7, 11) is 0. The minimum absolute atomic E-state index is 0.0187. The third kappa shape index (κ3) is 4.68. The summed E-state index contributed by atoms with van der Waals surface area (Å²) in [5.74, 6) is -13.8. The zero-order chi connectivity index (χ0) is 26.0. The average molecular weight is 505 g/mol. The Morgan fingerprint density at radius 3 is 1.91 bits per heavy atom. The van der Waals surface area contributed by atoms with E-state index in [0.717, 1.165) is 11.3 Å². The predicted octanol–water partition coefficient (Wildman–Crippen LogP) is 5.81. The minimum atomic E-state index is -2.37. The first-order chi connectivity index (χ1) is 15.4. The number of rotatable bonds is 3. The molecule has 0 saturated heterocycles. The van der Waals surface area contributed by atoms with Crippen LogP contribution < -0.4 is 10.6 Å². The van der Waals surface area contributed by atoms with E-state index in [0.29, 0.717) is 16.9 Å². The lowest BCUT2D eigenvalue weighted by Crippen LogP contribution is -2.55. The van der Waals surface area contributed by atoms with E-state index in [1.165, 1.54) is 0 Å². The predicted molar refractivity (Wildman–Crippen MR) is 118 cm³/mol. The van der Waals surface area contributed by atoms with Crippen molar-refractivity contribution in [1.29, 1.82) is 0 Å². The van der Waals surface area contributed by atoms with Crippen molar-refractivity contribution in [3.8, 4) is 0 Å². The number of carbonyl (C=O) groups excluding carboxylic acids is 2. The number of anilines is 1. The standard InChI is InChI=1S/C23H25F5N2O3S/c1-21(2,3)33-20(32)10-9-8-22(4,5)30-23(6,7)17(9)34-19(10)29-18(31)11-12(24)14(26)16(28)15(27)13(11)25/h30H,8H2,1-7H3,(H,29,31). The van der Waals surface area contributed by atoms with Gasteiger partial charge in [-0.1, -0.05) is 0 Å². The monoisotopic (exact) mass is 504 g/mol. The number of carbonyl (C=O) groups is 2. The first kappa shape index (κ1) is 26.1. The zero-order valence-corrected chi connectivity index (χ0v) is 20.5. The zero-order valence-electron chi connectivity index (χ0n) is 19.7. The van der Waals surface area contributed by atoms with E-state index in [2.05, 4.69) is 10.6 Å². The molecule has 2 aromatic rings. The topological polar surface area (TPSA) is 67.4 Å². The highest BCUT2D eigenvalue weighted by atomic mass is 32.1. The average Bonchev–Trinajstić information content (AvgIpc) is 3.00. The molecule has 1 aliphatic heterocycles. The van der Waals surface area contributed by atoms with Gasteiger partial charge in [0.1, 0.15) is 16.2 Å². The molecule has 5 nitrogen and oxygen atoms in total. The fraction of sp³-hybridized carbons (Fsp3) is 0.478. The molecule has 0 spiro atoms. The fourth-order valence-corrected chi connectivity index (χ4v) is 5.39. The van der Waals surface area contributed by atoms with Gasteiger partial charge in [0.15, 0.2) is 23.3 Å². The van der Waals surface area contributed by atoms with Crippen molar-refractivity contribution in [2.75, 3.05) is 5.32 Å². The van der Waals surface area contributed by atoms with Crippen LogP contribution in [-0.2, 0) is 16.7 Å². The van der Waals surface area contributed by atoms with Crippen molar-refractivity contribution in [3.63, 3.8) is 0 Å². The smallest absolute Gasteiger partial charge is 0.341 e. The maximum atomic E-state index is 14.2. The molecule has 1 aliphatic rings. The SMILES string of the molecule is CC1(C)Cc2c(sc(NC(=O)c3c(F)c(F)c(F)c(F)c3F)c2C(=O)OC(C)(C)C)C(C)(C)N1. The summed E-state index contributed by atoms with van der Waals surface area (Å²) in [6, 6.07) is 0. The molecular formula is C23H25F5N2O3S. The Bertz CT molecular complexity index is 1170. The molecule has 0 radical (unpaired) electrons. The number of hydrogen-bond donors (Lipinski definition) is 2.